The van der Waals surface area contributed by atoms with E-state index in [2.05, 4.69) is 66.0 Å². The quantitative estimate of drug-likeness (QED) is 0.745. The van der Waals surface area contributed by atoms with Crippen LogP contribution in [0, 0.1) is 0 Å². The number of hydrogen-bond acceptors (Lipinski definition) is 1. The SMILES string of the molecule is c1ccc(CCNCCc2ccccc2)cc1. The number of benzene rings is 2. The highest BCUT2D eigenvalue weighted by atomic mass is 14.8. The summed E-state index contributed by atoms with van der Waals surface area (Å²) in [6.07, 6.45) is 2.21. The molecule has 0 atom stereocenters. The molecule has 1 N–H and O–H groups in total. The van der Waals surface area contributed by atoms with Crippen LogP contribution < -0.4 is 5.32 Å². The van der Waals surface area contributed by atoms with Gasteiger partial charge in [-0.3, -0.25) is 0 Å². The van der Waals surface area contributed by atoms with Crippen molar-refractivity contribution < 1.29 is 0 Å². The van der Waals surface area contributed by atoms with Gasteiger partial charge in [0.05, 0.1) is 0 Å². The normalized spacial score (nSPS) is 10.4. The first-order chi connectivity index (χ1) is 8.45. The van der Waals surface area contributed by atoms with Gasteiger partial charge in [0.25, 0.3) is 0 Å². The fourth-order valence-corrected chi connectivity index (χ4v) is 1.88. The number of nitrogens with one attached hydrogen (secondary N) is 1. The molecule has 0 aliphatic heterocycles. The first-order valence-corrected chi connectivity index (χ1v) is 6.24. The third kappa shape index (κ3) is 4.41. The second-order valence-electron chi connectivity index (χ2n) is 4.22. The second kappa shape index (κ2) is 6.87. The van der Waals surface area contributed by atoms with Crippen molar-refractivity contribution in [2.75, 3.05) is 13.1 Å². The lowest BCUT2D eigenvalue weighted by atomic mass is 10.1. The van der Waals surface area contributed by atoms with Crippen molar-refractivity contribution in [1.29, 1.82) is 0 Å². The van der Waals surface area contributed by atoms with Gasteiger partial charge in [0, 0.05) is 0 Å². The lowest BCUT2D eigenvalue weighted by Crippen LogP contribution is -2.20. The summed E-state index contributed by atoms with van der Waals surface area (Å²) in [5, 5.41) is 3.48. The summed E-state index contributed by atoms with van der Waals surface area (Å²) in [5.41, 5.74) is 2.81. The molecule has 17 heavy (non-hydrogen) atoms. The Morgan fingerprint density at radius 1 is 0.588 bits per heavy atom. The third-order valence-electron chi connectivity index (χ3n) is 2.87. The molecule has 2 aromatic rings. The molecule has 0 aliphatic rings. The average molecular weight is 225 g/mol. The zero-order valence-electron chi connectivity index (χ0n) is 10.1. The van der Waals surface area contributed by atoms with Crippen LogP contribution in [-0.2, 0) is 12.8 Å². The minimum Gasteiger partial charge on any atom is -0.316 e. The first kappa shape index (κ1) is 11.9. The van der Waals surface area contributed by atoms with Gasteiger partial charge in [-0.1, -0.05) is 60.7 Å². The molecule has 2 aromatic carbocycles. The van der Waals surface area contributed by atoms with Gasteiger partial charge in [-0.25, -0.2) is 0 Å². The molecule has 0 aliphatic carbocycles. The van der Waals surface area contributed by atoms with Crippen LogP contribution in [-0.4, -0.2) is 13.1 Å². The largest absolute Gasteiger partial charge is 0.316 e. The van der Waals surface area contributed by atoms with E-state index in [-0.39, 0.29) is 0 Å². The van der Waals surface area contributed by atoms with Gasteiger partial charge < -0.3 is 5.32 Å². The van der Waals surface area contributed by atoms with E-state index < -0.39 is 0 Å². The Morgan fingerprint density at radius 2 is 1.00 bits per heavy atom. The fourth-order valence-electron chi connectivity index (χ4n) is 1.88. The van der Waals surface area contributed by atoms with Crippen LogP contribution in [0.15, 0.2) is 60.7 Å². The van der Waals surface area contributed by atoms with Crippen LogP contribution in [0.3, 0.4) is 0 Å². The molecular weight excluding hydrogens is 206 g/mol. The van der Waals surface area contributed by atoms with E-state index in [1.807, 2.05) is 0 Å². The minimum absolute atomic E-state index is 1.05. The summed E-state index contributed by atoms with van der Waals surface area (Å²) in [6.45, 7) is 2.10. The Bertz CT molecular complexity index is 367. The monoisotopic (exact) mass is 225 g/mol. The second-order valence-corrected chi connectivity index (χ2v) is 4.22. The molecule has 0 heterocycles. The van der Waals surface area contributed by atoms with Gasteiger partial charge in [-0.15, -0.1) is 0 Å². The molecule has 0 spiro atoms. The highest BCUT2D eigenvalue weighted by Crippen LogP contribution is 1.99. The molecule has 0 aromatic heterocycles. The molecule has 1 nitrogen and oxygen atoms in total. The van der Waals surface area contributed by atoms with Crippen molar-refractivity contribution in [3.05, 3.63) is 71.8 Å². The van der Waals surface area contributed by atoms with E-state index >= 15 is 0 Å². The summed E-state index contributed by atoms with van der Waals surface area (Å²) in [5.74, 6) is 0. The van der Waals surface area contributed by atoms with Gasteiger partial charge in [0.2, 0.25) is 0 Å². The van der Waals surface area contributed by atoms with Crippen molar-refractivity contribution in [3.8, 4) is 0 Å². The molecule has 0 fully saturated rings. The van der Waals surface area contributed by atoms with Crippen LogP contribution in [0.4, 0.5) is 0 Å². The maximum absolute atomic E-state index is 3.48. The van der Waals surface area contributed by atoms with Crippen LogP contribution in [0.25, 0.3) is 0 Å². The number of rotatable bonds is 6. The predicted molar refractivity (Wildman–Crippen MR) is 73.2 cm³/mol. The lowest BCUT2D eigenvalue weighted by Gasteiger charge is -2.05. The Balaban J connectivity index is 1.61. The fraction of sp³-hybridized carbons (Fsp3) is 0.250. The van der Waals surface area contributed by atoms with Crippen molar-refractivity contribution in [1.82, 2.24) is 5.32 Å². The van der Waals surface area contributed by atoms with Crippen molar-refractivity contribution in [2.45, 2.75) is 12.8 Å². The van der Waals surface area contributed by atoms with Gasteiger partial charge in [0.1, 0.15) is 0 Å². The maximum Gasteiger partial charge on any atom is -0.000822 e. The van der Waals surface area contributed by atoms with Crippen molar-refractivity contribution in [2.24, 2.45) is 0 Å². The van der Waals surface area contributed by atoms with E-state index in [1.54, 1.807) is 0 Å². The predicted octanol–water partition coefficient (Wildman–Crippen LogP) is 3.06. The lowest BCUT2D eigenvalue weighted by molar-refractivity contribution is 0.682. The van der Waals surface area contributed by atoms with Crippen LogP contribution in [0.1, 0.15) is 11.1 Å². The summed E-state index contributed by atoms with van der Waals surface area (Å²) in [4.78, 5) is 0. The van der Waals surface area contributed by atoms with Gasteiger partial charge in [0.15, 0.2) is 0 Å². The van der Waals surface area contributed by atoms with Gasteiger partial charge >= 0.3 is 0 Å². The summed E-state index contributed by atoms with van der Waals surface area (Å²) >= 11 is 0. The first-order valence-electron chi connectivity index (χ1n) is 6.24. The van der Waals surface area contributed by atoms with E-state index in [4.69, 9.17) is 0 Å². The smallest absolute Gasteiger partial charge is 0.000822 e. The average Bonchev–Trinajstić information content (AvgIpc) is 2.41. The summed E-state index contributed by atoms with van der Waals surface area (Å²) in [7, 11) is 0. The third-order valence-corrected chi connectivity index (χ3v) is 2.87. The minimum atomic E-state index is 1.05. The molecule has 0 saturated carbocycles. The van der Waals surface area contributed by atoms with E-state index in [0.29, 0.717) is 0 Å². The summed E-state index contributed by atoms with van der Waals surface area (Å²) in [6, 6.07) is 21.2. The van der Waals surface area contributed by atoms with Gasteiger partial charge in [-0.05, 0) is 37.1 Å². The summed E-state index contributed by atoms with van der Waals surface area (Å²) < 4.78 is 0. The Hall–Kier alpha value is -1.60. The van der Waals surface area contributed by atoms with Crippen LogP contribution in [0.5, 0.6) is 0 Å². The van der Waals surface area contributed by atoms with Crippen molar-refractivity contribution >= 4 is 0 Å². The molecule has 0 amide bonds. The Kier molecular flexibility index (Phi) is 4.80. The molecule has 0 radical (unpaired) electrons. The zero-order chi connectivity index (χ0) is 11.8. The highest BCUT2D eigenvalue weighted by molar-refractivity contribution is 5.15. The molecule has 0 saturated heterocycles. The maximum atomic E-state index is 3.48. The molecule has 2 rings (SSSR count). The Labute approximate surface area is 103 Å². The van der Waals surface area contributed by atoms with Crippen LogP contribution >= 0.6 is 0 Å². The zero-order valence-corrected chi connectivity index (χ0v) is 10.1. The van der Waals surface area contributed by atoms with Crippen LogP contribution in [0.2, 0.25) is 0 Å². The van der Waals surface area contributed by atoms with E-state index in [1.165, 1.54) is 11.1 Å². The molecular formula is C16H19N. The molecule has 0 unspecified atom stereocenters. The highest BCUT2D eigenvalue weighted by Gasteiger charge is 1.93. The number of hydrogen-bond donors (Lipinski definition) is 1. The molecule has 0 bridgehead atoms. The topological polar surface area (TPSA) is 12.0 Å². The Morgan fingerprint density at radius 3 is 1.41 bits per heavy atom. The van der Waals surface area contributed by atoms with E-state index in [9.17, 15) is 0 Å². The van der Waals surface area contributed by atoms with Gasteiger partial charge in [-0.2, -0.15) is 0 Å². The van der Waals surface area contributed by atoms with E-state index in [0.717, 1.165) is 25.9 Å². The standard InChI is InChI=1S/C16H19N/c1-3-7-15(8-4-1)11-13-17-14-12-16-9-5-2-6-10-16/h1-10,17H,11-14H2. The molecule has 1 heteroatoms. The van der Waals surface area contributed by atoms with Crippen molar-refractivity contribution in [3.63, 3.8) is 0 Å². The molecule has 88 valence electrons.